The normalized spacial score (nSPS) is 18.3. The van der Waals surface area contributed by atoms with Crippen molar-refractivity contribution in [3.63, 3.8) is 0 Å². The Bertz CT molecular complexity index is 522. The highest BCUT2D eigenvalue weighted by atomic mass is 16.5. The van der Waals surface area contributed by atoms with Crippen LogP contribution in [0.15, 0.2) is 18.2 Å². The third-order valence-corrected chi connectivity index (χ3v) is 3.39. The number of benzene rings is 1. The Kier molecular flexibility index (Phi) is 4.03. The van der Waals surface area contributed by atoms with Crippen molar-refractivity contribution >= 4 is 11.7 Å². The molecule has 0 radical (unpaired) electrons. The van der Waals surface area contributed by atoms with Gasteiger partial charge in [0, 0.05) is 26.1 Å². The lowest BCUT2D eigenvalue weighted by molar-refractivity contribution is 0.0697. The predicted molar refractivity (Wildman–Crippen MR) is 70.3 cm³/mol. The van der Waals surface area contributed by atoms with Crippen LogP contribution in [-0.4, -0.2) is 37.9 Å². The van der Waals surface area contributed by atoms with Crippen LogP contribution in [0, 0.1) is 17.2 Å². The van der Waals surface area contributed by atoms with Gasteiger partial charge in [-0.2, -0.15) is 5.26 Å². The highest BCUT2D eigenvalue weighted by molar-refractivity contribution is 5.89. The molecule has 1 N–H and O–H groups in total. The molecule has 0 bridgehead atoms. The fourth-order valence-electron chi connectivity index (χ4n) is 2.46. The molecule has 5 nitrogen and oxygen atoms in total. The fourth-order valence-corrected chi connectivity index (χ4v) is 2.46. The molecule has 1 unspecified atom stereocenters. The van der Waals surface area contributed by atoms with Crippen molar-refractivity contribution in [2.45, 2.75) is 6.42 Å². The van der Waals surface area contributed by atoms with Crippen LogP contribution in [0.25, 0.3) is 0 Å². The van der Waals surface area contributed by atoms with Gasteiger partial charge in [-0.1, -0.05) is 0 Å². The first-order valence-corrected chi connectivity index (χ1v) is 6.17. The van der Waals surface area contributed by atoms with E-state index < -0.39 is 5.97 Å². The van der Waals surface area contributed by atoms with Gasteiger partial charge in [0.05, 0.1) is 23.4 Å². The second kappa shape index (κ2) is 5.72. The number of aromatic carboxylic acids is 1. The molecule has 1 aromatic rings. The van der Waals surface area contributed by atoms with Gasteiger partial charge >= 0.3 is 5.97 Å². The zero-order chi connectivity index (χ0) is 13.8. The van der Waals surface area contributed by atoms with Crippen molar-refractivity contribution in [3.05, 3.63) is 29.3 Å². The summed E-state index contributed by atoms with van der Waals surface area (Å²) >= 11 is 0. The molecule has 1 heterocycles. The summed E-state index contributed by atoms with van der Waals surface area (Å²) in [5, 5.41) is 18.1. The Morgan fingerprint density at radius 3 is 3.05 bits per heavy atom. The van der Waals surface area contributed by atoms with Crippen molar-refractivity contribution in [2.75, 3.05) is 31.7 Å². The van der Waals surface area contributed by atoms with E-state index in [0.717, 1.165) is 25.2 Å². The zero-order valence-electron chi connectivity index (χ0n) is 10.8. The summed E-state index contributed by atoms with van der Waals surface area (Å²) < 4.78 is 5.15. The molecule has 100 valence electrons. The molecule has 19 heavy (non-hydrogen) atoms. The molecule has 2 rings (SSSR count). The van der Waals surface area contributed by atoms with Gasteiger partial charge < -0.3 is 14.7 Å². The van der Waals surface area contributed by atoms with Gasteiger partial charge in [0.15, 0.2) is 0 Å². The summed E-state index contributed by atoms with van der Waals surface area (Å²) in [4.78, 5) is 13.0. The summed E-state index contributed by atoms with van der Waals surface area (Å²) in [6.07, 6.45) is 1.03. The molecule has 1 aromatic carbocycles. The third kappa shape index (κ3) is 2.85. The minimum absolute atomic E-state index is 0.146. The van der Waals surface area contributed by atoms with Gasteiger partial charge in [-0.15, -0.1) is 0 Å². The largest absolute Gasteiger partial charge is 0.478 e. The van der Waals surface area contributed by atoms with E-state index in [-0.39, 0.29) is 5.56 Å². The van der Waals surface area contributed by atoms with Gasteiger partial charge in [-0.05, 0) is 24.6 Å². The molecular formula is C14H16N2O3. The molecule has 0 saturated carbocycles. The van der Waals surface area contributed by atoms with Crippen LogP contribution in [-0.2, 0) is 4.74 Å². The van der Waals surface area contributed by atoms with Crippen LogP contribution < -0.4 is 4.90 Å². The molecule has 0 aliphatic carbocycles. The summed E-state index contributed by atoms with van der Waals surface area (Å²) in [5.41, 5.74) is 1.37. The van der Waals surface area contributed by atoms with Crippen LogP contribution in [0.5, 0.6) is 0 Å². The lowest BCUT2D eigenvalue weighted by atomic mass is 10.1. The molecule has 1 aliphatic heterocycles. The first kappa shape index (κ1) is 13.4. The topological polar surface area (TPSA) is 73.6 Å². The Morgan fingerprint density at radius 1 is 1.63 bits per heavy atom. The van der Waals surface area contributed by atoms with E-state index in [1.165, 1.54) is 6.07 Å². The standard InChI is InChI=1S/C14H16N2O3/c1-19-9-10-4-5-16(8-10)13-3-2-11(14(17)18)6-12(13)7-15/h2-3,6,10H,4-5,8-9H2,1H3,(H,17,18). The molecule has 0 spiro atoms. The Hall–Kier alpha value is -2.06. The van der Waals surface area contributed by atoms with Crippen LogP contribution in [0.4, 0.5) is 5.69 Å². The third-order valence-electron chi connectivity index (χ3n) is 3.39. The maximum atomic E-state index is 10.9. The number of anilines is 1. The lowest BCUT2D eigenvalue weighted by Gasteiger charge is -2.20. The summed E-state index contributed by atoms with van der Waals surface area (Å²) in [7, 11) is 1.69. The van der Waals surface area contributed by atoms with E-state index in [4.69, 9.17) is 15.1 Å². The molecule has 5 heteroatoms. The van der Waals surface area contributed by atoms with Crippen LogP contribution in [0.2, 0.25) is 0 Å². The minimum Gasteiger partial charge on any atom is -0.478 e. The first-order valence-electron chi connectivity index (χ1n) is 6.17. The molecule has 1 atom stereocenters. The van der Waals surface area contributed by atoms with Crippen LogP contribution in [0.3, 0.4) is 0 Å². The number of ether oxygens (including phenoxy) is 1. The van der Waals surface area contributed by atoms with E-state index in [2.05, 4.69) is 11.0 Å². The van der Waals surface area contributed by atoms with Crippen LogP contribution in [0.1, 0.15) is 22.3 Å². The van der Waals surface area contributed by atoms with E-state index in [9.17, 15) is 4.79 Å². The fraction of sp³-hybridized carbons (Fsp3) is 0.429. The SMILES string of the molecule is COCC1CCN(c2ccc(C(=O)O)cc2C#N)C1. The van der Waals surface area contributed by atoms with Crippen LogP contribution >= 0.6 is 0 Å². The van der Waals surface area contributed by atoms with Crippen molar-refractivity contribution in [1.29, 1.82) is 5.26 Å². The molecule has 1 fully saturated rings. The highest BCUT2D eigenvalue weighted by Crippen LogP contribution is 2.27. The molecule has 0 aromatic heterocycles. The number of hydrogen-bond acceptors (Lipinski definition) is 4. The maximum Gasteiger partial charge on any atom is 0.335 e. The highest BCUT2D eigenvalue weighted by Gasteiger charge is 2.24. The smallest absolute Gasteiger partial charge is 0.335 e. The molecule has 1 saturated heterocycles. The monoisotopic (exact) mass is 260 g/mol. The van der Waals surface area contributed by atoms with Crippen molar-refractivity contribution in [3.8, 4) is 6.07 Å². The van der Waals surface area contributed by atoms with Gasteiger partial charge in [0.1, 0.15) is 6.07 Å². The Labute approximate surface area is 112 Å². The summed E-state index contributed by atoms with van der Waals surface area (Å²) in [5.74, 6) is -0.544. The van der Waals surface area contributed by atoms with E-state index in [0.29, 0.717) is 18.1 Å². The average Bonchev–Trinajstić information content (AvgIpc) is 2.86. The Balaban J connectivity index is 2.22. The number of methoxy groups -OCH3 is 1. The number of nitriles is 1. The van der Waals surface area contributed by atoms with Gasteiger partial charge in [-0.3, -0.25) is 0 Å². The predicted octanol–water partition coefficient (Wildman–Crippen LogP) is 1.73. The quantitative estimate of drug-likeness (QED) is 0.892. The Morgan fingerprint density at radius 2 is 2.42 bits per heavy atom. The lowest BCUT2D eigenvalue weighted by Crippen LogP contribution is -2.22. The number of rotatable bonds is 4. The number of carboxylic acid groups (broad SMARTS) is 1. The van der Waals surface area contributed by atoms with E-state index >= 15 is 0 Å². The summed E-state index contributed by atoms with van der Waals surface area (Å²) in [6.45, 7) is 2.43. The van der Waals surface area contributed by atoms with E-state index in [1.54, 1.807) is 19.2 Å². The van der Waals surface area contributed by atoms with Crippen molar-refractivity contribution in [1.82, 2.24) is 0 Å². The number of carbonyl (C=O) groups is 1. The molecule has 0 amide bonds. The maximum absolute atomic E-state index is 10.9. The van der Waals surface area contributed by atoms with Crippen molar-refractivity contribution < 1.29 is 14.6 Å². The number of carboxylic acids is 1. The average molecular weight is 260 g/mol. The molecule has 1 aliphatic rings. The summed E-state index contributed by atoms with van der Waals surface area (Å²) in [6, 6.07) is 6.77. The van der Waals surface area contributed by atoms with Gasteiger partial charge in [0.25, 0.3) is 0 Å². The second-order valence-electron chi connectivity index (χ2n) is 4.70. The number of hydrogen-bond donors (Lipinski definition) is 1. The minimum atomic E-state index is -1.01. The number of nitrogens with zero attached hydrogens (tertiary/aromatic N) is 2. The molecular weight excluding hydrogens is 244 g/mol. The van der Waals surface area contributed by atoms with Gasteiger partial charge in [-0.25, -0.2) is 4.79 Å². The second-order valence-corrected chi connectivity index (χ2v) is 4.70. The first-order chi connectivity index (χ1) is 9.15. The van der Waals surface area contributed by atoms with Crippen molar-refractivity contribution in [2.24, 2.45) is 5.92 Å². The zero-order valence-corrected chi connectivity index (χ0v) is 10.8. The van der Waals surface area contributed by atoms with E-state index in [1.807, 2.05) is 0 Å². The van der Waals surface area contributed by atoms with Gasteiger partial charge in [0.2, 0.25) is 0 Å².